The molecule has 58 valence electrons. The maximum absolute atomic E-state index is 10.9. The van der Waals surface area contributed by atoms with Gasteiger partial charge in [0.25, 0.3) is 0 Å². The minimum atomic E-state index is -0.116. The Hall–Kier alpha value is -0.570. The van der Waals surface area contributed by atoms with Gasteiger partial charge in [-0.05, 0) is 13.3 Å². The summed E-state index contributed by atoms with van der Waals surface area (Å²) in [5.41, 5.74) is 0. The van der Waals surface area contributed by atoms with E-state index >= 15 is 0 Å². The van der Waals surface area contributed by atoms with Gasteiger partial charge in [-0.3, -0.25) is 4.79 Å². The Labute approximate surface area is 60.3 Å². The van der Waals surface area contributed by atoms with Gasteiger partial charge in [-0.25, -0.2) is 0 Å². The number of rotatable bonds is 3. The maximum atomic E-state index is 10.9. The average Bonchev–Trinajstić information content (AvgIpc) is 2.66. The number of esters is 1. The highest BCUT2D eigenvalue weighted by Crippen LogP contribution is 2.33. The molecule has 1 aliphatic carbocycles. The van der Waals surface area contributed by atoms with Gasteiger partial charge in [0.2, 0.25) is 0 Å². The van der Waals surface area contributed by atoms with E-state index in [0.717, 1.165) is 6.42 Å². The summed E-state index contributed by atoms with van der Waals surface area (Å²) in [5, 5.41) is 0. The third kappa shape index (κ3) is 1.48. The summed E-state index contributed by atoms with van der Waals surface area (Å²) in [6, 6.07) is 0. The molecule has 0 unspecified atom stereocenters. The van der Waals surface area contributed by atoms with Crippen LogP contribution in [0.1, 0.15) is 13.3 Å². The van der Waals surface area contributed by atoms with Crippen LogP contribution in [0, 0.1) is 5.92 Å². The van der Waals surface area contributed by atoms with E-state index in [0.29, 0.717) is 6.61 Å². The molecular formula is C7H12O3. The Kier molecular flexibility index (Phi) is 2.27. The van der Waals surface area contributed by atoms with Crippen molar-refractivity contribution in [3.8, 4) is 0 Å². The van der Waals surface area contributed by atoms with Gasteiger partial charge >= 0.3 is 5.97 Å². The molecule has 1 aliphatic rings. The van der Waals surface area contributed by atoms with Crippen LogP contribution in [0.4, 0.5) is 0 Å². The molecule has 0 aromatic rings. The Bertz CT molecular complexity index is 133. The van der Waals surface area contributed by atoms with Crippen molar-refractivity contribution in [1.82, 2.24) is 0 Å². The minimum Gasteiger partial charge on any atom is -0.466 e. The van der Waals surface area contributed by atoms with Gasteiger partial charge in [-0.1, -0.05) is 0 Å². The maximum Gasteiger partial charge on any atom is 0.311 e. The second kappa shape index (κ2) is 3.01. The highest BCUT2D eigenvalue weighted by molar-refractivity contribution is 5.76. The molecule has 0 radical (unpaired) electrons. The van der Waals surface area contributed by atoms with Crippen LogP contribution < -0.4 is 0 Å². The van der Waals surface area contributed by atoms with Crippen molar-refractivity contribution in [2.24, 2.45) is 5.92 Å². The van der Waals surface area contributed by atoms with E-state index in [9.17, 15) is 4.79 Å². The molecule has 1 rings (SSSR count). The standard InChI is InChI=1S/C7H12O3/c1-3-10-7(8)5-4-6(5)9-2/h5-6H,3-4H2,1-2H3/t5-,6+/m0/s1. The van der Waals surface area contributed by atoms with Crippen LogP contribution in [0.25, 0.3) is 0 Å². The summed E-state index contributed by atoms with van der Waals surface area (Å²) in [6.07, 6.45) is 0.953. The van der Waals surface area contributed by atoms with Crippen molar-refractivity contribution in [2.45, 2.75) is 19.4 Å². The molecule has 0 heterocycles. The Morgan fingerprint density at radius 2 is 2.40 bits per heavy atom. The van der Waals surface area contributed by atoms with Crippen molar-refractivity contribution < 1.29 is 14.3 Å². The second-order valence-electron chi connectivity index (χ2n) is 2.37. The van der Waals surface area contributed by atoms with Crippen LogP contribution in [0.15, 0.2) is 0 Å². The lowest BCUT2D eigenvalue weighted by atomic mass is 10.4. The fourth-order valence-electron chi connectivity index (χ4n) is 0.930. The monoisotopic (exact) mass is 144 g/mol. The smallest absolute Gasteiger partial charge is 0.311 e. The summed E-state index contributed by atoms with van der Waals surface area (Å²) >= 11 is 0. The van der Waals surface area contributed by atoms with Crippen LogP contribution in [-0.4, -0.2) is 25.8 Å². The topological polar surface area (TPSA) is 35.5 Å². The molecule has 0 saturated heterocycles. The van der Waals surface area contributed by atoms with Crippen molar-refractivity contribution >= 4 is 5.97 Å². The number of methoxy groups -OCH3 is 1. The number of carbonyl (C=O) groups excluding carboxylic acids is 1. The van der Waals surface area contributed by atoms with Crippen LogP contribution in [-0.2, 0) is 14.3 Å². The Morgan fingerprint density at radius 3 is 2.80 bits per heavy atom. The van der Waals surface area contributed by atoms with E-state index in [1.54, 1.807) is 7.11 Å². The first kappa shape index (κ1) is 7.54. The van der Waals surface area contributed by atoms with Crippen molar-refractivity contribution in [1.29, 1.82) is 0 Å². The number of hydrogen-bond acceptors (Lipinski definition) is 3. The quantitative estimate of drug-likeness (QED) is 0.544. The largest absolute Gasteiger partial charge is 0.466 e. The first-order valence-corrected chi connectivity index (χ1v) is 3.49. The van der Waals surface area contributed by atoms with Gasteiger partial charge < -0.3 is 9.47 Å². The Balaban J connectivity index is 2.19. The zero-order chi connectivity index (χ0) is 7.56. The number of hydrogen-bond donors (Lipinski definition) is 0. The lowest BCUT2D eigenvalue weighted by Gasteiger charge is -1.98. The van der Waals surface area contributed by atoms with E-state index in [4.69, 9.17) is 9.47 Å². The van der Waals surface area contributed by atoms with E-state index in [-0.39, 0.29) is 18.0 Å². The van der Waals surface area contributed by atoms with E-state index < -0.39 is 0 Å². The first-order chi connectivity index (χ1) is 4.79. The minimum absolute atomic E-state index is 0.0185. The third-order valence-corrected chi connectivity index (χ3v) is 1.62. The molecule has 1 fully saturated rings. The molecule has 0 bridgehead atoms. The predicted molar refractivity (Wildman–Crippen MR) is 35.5 cm³/mol. The summed E-state index contributed by atoms with van der Waals surface area (Å²) in [6.45, 7) is 2.27. The van der Waals surface area contributed by atoms with Crippen LogP contribution in [0.5, 0.6) is 0 Å². The summed E-state index contributed by atoms with van der Waals surface area (Å²) < 4.78 is 9.72. The molecule has 0 aromatic heterocycles. The van der Waals surface area contributed by atoms with Crippen LogP contribution >= 0.6 is 0 Å². The highest BCUT2D eigenvalue weighted by Gasteiger charge is 2.44. The molecular weight excluding hydrogens is 132 g/mol. The molecule has 3 nitrogen and oxygen atoms in total. The number of ether oxygens (including phenoxy) is 2. The third-order valence-electron chi connectivity index (χ3n) is 1.62. The molecule has 0 amide bonds. The molecule has 0 spiro atoms. The summed E-state index contributed by atoms with van der Waals surface area (Å²) in [5.74, 6) is -0.0979. The van der Waals surface area contributed by atoms with Gasteiger partial charge in [0.05, 0.1) is 18.6 Å². The van der Waals surface area contributed by atoms with Crippen molar-refractivity contribution in [2.75, 3.05) is 13.7 Å². The molecule has 0 aliphatic heterocycles. The molecule has 1 saturated carbocycles. The predicted octanol–water partition coefficient (Wildman–Crippen LogP) is 0.584. The van der Waals surface area contributed by atoms with Crippen LogP contribution in [0.3, 0.4) is 0 Å². The zero-order valence-corrected chi connectivity index (χ0v) is 6.29. The summed E-state index contributed by atoms with van der Waals surface area (Å²) in [4.78, 5) is 10.9. The molecule has 10 heavy (non-hydrogen) atoms. The molecule has 0 N–H and O–H groups in total. The van der Waals surface area contributed by atoms with Gasteiger partial charge in [-0.2, -0.15) is 0 Å². The van der Waals surface area contributed by atoms with Gasteiger partial charge in [-0.15, -0.1) is 0 Å². The lowest BCUT2D eigenvalue weighted by molar-refractivity contribution is -0.145. The van der Waals surface area contributed by atoms with Crippen molar-refractivity contribution in [3.05, 3.63) is 0 Å². The van der Waals surface area contributed by atoms with Gasteiger partial charge in [0.15, 0.2) is 0 Å². The fourth-order valence-corrected chi connectivity index (χ4v) is 0.930. The number of carbonyl (C=O) groups is 1. The van der Waals surface area contributed by atoms with E-state index in [1.807, 2.05) is 6.92 Å². The van der Waals surface area contributed by atoms with Gasteiger partial charge in [0, 0.05) is 7.11 Å². The second-order valence-corrected chi connectivity index (χ2v) is 2.37. The normalized spacial score (nSPS) is 29.8. The Morgan fingerprint density at radius 1 is 1.70 bits per heavy atom. The lowest BCUT2D eigenvalue weighted by Crippen LogP contribution is -2.09. The summed E-state index contributed by atoms with van der Waals surface area (Å²) in [7, 11) is 1.61. The van der Waals surface area contributed by atoms with E-state index in [1.165, 1.54) is 0 Å². The fraction of sp³-hybridized carbons (Fsp3) is 0.857. The van der Waals surface area contributed by atoms with Gasteiger partial charge in [0.1, 0.15) is 0 Å². The van der Waals surface area contributed by atoms with E-state index in [2.05, 4.69) is 0 Å². The molecule has 0 aromatic carbocycles. The first-order valence-electron chi connectivity index (χ1n) is 3.49. The van der Waals surface area contributed by atoms with Crippen LogP contribution in [0.2, 0.25) is 0 Å². The molecule has 3 heteroatoms. The highest BCUT2D eigenvalue weighted by atomic mass is 16.5. The van der Waals surface area contributed by atoms with Crippen molar-refractivity contribution in [3.63, 3.8) is 0 Å². The SMILES string of the molecule is CCOC(=O)[C@H]1C[C@H]1OC. The molecule has 2 atom stereocenters. The zero-order valence-electron chi connectivity index (χ0n) is 6.29. The average molecular weight is 144 g/mol.